The summed E-state index contributed by atoms with van der Waals surface area (Å²) in [6, 6.07) is 38.8. The summed E-state index contributed by atoms with van der Waals surface area (Å²) in [7, 11) is 0. The highest BCUT2D eigenvalue weighted by Gasteiger charge is 2.15. The van der Waals surface area contributed by atoms with E-state index in [0.717, 1.165) is 17.6 Å². The van der Waals surface area contributed by atoms with Gasteiger partial charge in [-0.2, -0.15) is 0 Å². The molecule has 1 nitrogen and oxygen atoms in total. The topological polar surface area (TPSA) is 15.8 Å². The van der Waals surface area contributed by atoms with E-state index in [2.05, 4.69) is 138 Å². The molecular formula is C34H25N. The maximum absolute atomic E-state index is 3.73. The van der Waals surface area contributed by atoms with Crippen LogP contribution in [0.4, 0.5) is 0 Å². The highest BCUT2D eigenvalue weighted by atomic mass is 14.6. The number of aromatic amines is 1. The minimum Gasteiger partial charge on any atom is -0.367 e. The van der Waals surface area contributed by atoms with Gasteiger partial charge in [0.05, 0.1) is 0 Å². The fourth-order valence-corrected chi connectivity index (χ4v) is 4.79. The third-order valence-corrected chi connectivity index (χ3v) is 6.52. The van der Waals surface area contributed by atoms with Gasteiger partial charge in [0.1, 0.15) is 0 Å². The van der Waals surface area contributed by atoms with Gasteiger partial charge in [0, 0.05) is 23.5 Å². The molecule has 6 rings (SSSR count). The van der Waals surface area contributed by atoms with Gasteiger partial charge in [-0.1, -0.05) is 103 Å². The van der Waals surface area contributed by atoms with Crippen LogP contribution in [0.2, 0.25) is 0 Å². The van der Waals surface area contributed by atoms with Gasteiger partial charge in [0.2, 0.25) is 0 Å². The Morgan fingerprint density at radius 2 is 1.11 bits per heavy atom. The molecule has 1 heteroatoms. The first kappa shape index (κ1) is 21.0. The summed E-state index contributed by atoms with van der Waals surface area (Å²) in [6.45, 7) is 0. The molecule has 1 aliphatic carbocycles. The van der Waals surface area contributed by atoms with Crippen LogP contribution in [0.5, 0.6) is 0 Å². The molecule has 0 fully saturated rings. The number of H-pyrrole nitrogens is 1. The highest BCUT2D eigenvalue weighted by molar-refractivity contribution is 5.97. The van der Waals surface area contributed by atoms with Crippen molar-refractivity contribution in [1.29, 1.82) is 0 Å². The number of allylic oxidation sites excluding steroid dienone is 3. The van der Waals surface area contributed by atoms with Crippen molar-refractivity contribution in [3.8, 4) is 22.3 Å². The summed E-state index contributed by atoms with van der Waals surface area (Å²) in [5, 5.41) is 0. The number of rotatable bonds is 6. The summed E-state index contributed by atoms with van der Waals surface area (Å²) in [5.41, 5.74) is 15.9. The first-order valence-electron chi connectivity index (χ1n) is 12.0. The average Bonchev–Trinajstić information content (AvgIpc) is 3.62. The van der Waals surface area contributed by atoms with E-state index >= 15 is 0 Å². The molecule has 1 heterocycles. The fraction of sp³-hybridized carbons (Fsp3) is 0.0294. The molecule has 0 unspecified atom stereocenters. The number of aromatic nitrogens is 1. The molecule has 0 amide bonds. The van der Waals surface area contributed by atoms with Crippen LogP contribution >= 0.6 is 0 Å². The smallest absolute Gasteiger partial charge is 0.0250 e. The van der Waals surface area contributed by atoms with E-state index in [4.69, 9.17) is 0 Å². The van der Waals surface area contributed by atoms with Crippen molar-refractivity contribution in [2.75, 3.05) is 0 Å². The Morgan fingerprint density at radius 1 is 0.514 bits per heavy atom. The van der Waals surface area contributed by atoms with Gasteiger partial charge in [-0.3, -0.25) is 0 Å². The quantitative estimate of drug-likeness (QED) is 0.251. The van der Waals surface area contributed by atoms with Crippen molar-refractivity contribution in [1.82, 2.24) is 4.98 Å². The lowest BCUT2D eigenvalue weighted by Crippen LogP contribution is -1.92. The third-order valence-electron chi connectivity index (χ3n) is 6.52. The maximum Gasteiger partial charge on any atom is 0.0250 e. The Hall–Kier alpha value is -4.58. The van der Waals surface area contributed by atoms with E-state index in [1.165, 1.54) is 44.5 Å². The normalized spacial score (nSPS) is 12.5. The van der Waals surface area contributed by atoms with Crippen molar-refractivity contribution < 1.29 is 0 Å². The molecule has 166 valence electrons. The van der Waals surface area contributed by atoms with Gasteiger partial charge in [-0.15, -0.1) is 5.73 Å². The maximum atomic E-state index is 3.73. The first-order chi connectivity index (χ1) is 17.3. The molecule has 0 bridgehead atoms. The van der Waals surface area contributed by atoms with Gasteiger partial charge >= 0.3 is 0 Å². The number of hydrogen-bond donors (Lipinski definition) is 1. The van der Waals surface area contributed by atoms with Gasteiger partial charge in [0.15, 0.2) is 0 Å². The molecule has 5 aromatic rings. The van der Waals surface area contributed by atoms with Crippen LogP contribution < -0.4 is 0 Å². The Balaban J connectivity index is 1.46. The van der Waals surface area contributed by atoms with Crippen LogP contribution in [0, 0.1) is 0 Å². The van der Waals surface area contributed by atoms with Crippen LogP contribution in [0.3, 0.4) is 0 Å². The molecule has 0 spiro atoms. The minimum absolute atomic E-state index is 0.907. The Labute approximate surface area is 206 Å². The van der Waals surface area contributed by atoms with Gasteiger partial charge in [-0.05, 0) is 69.1 Å². The molecule has 1 aliphatic rings. The SMILES string of the molecule is C1=C(c2ccccc2-c2ccccc2)C=CC=1c1ccc(Cc2cc[nH]c2)cc1-c1ccccc1. The van der Waals surface area contributed by atoms with Gasteiger partial charge < -0.3 is 4.98 Å². The highest BCUT2D eigenvalue weighted by Crippen LogP contribution is 2.36. The zero-order chi connectivity index (χ0) is 23.5. The van der Waals surface area contributed by atoms with Crippen LogP contribution in [0.15, 0.2) is 139 Å². The number of benzene rings is 4. The summed E-state index contributed by atoms with van der Waals surface area (Å²) in [6.07, 6.45) is 9.35. The van der Waals surface area contributed by atoms with Crippen LogP contribution in [0.1, 0.15) is 22.3 Å². The molecule has 0 radical (unpaired) electrons. The average molecular weight is 448 g/mol. The monoisotopic (exact) mass is 447 g/mol. The van der Waals surface area contributed by atoms with Crippen LogP contribution in [-0.4, -0.2) is 4.98 Å². The Kier molecular flexibility index (Phi) is 5.60. The van der Waals surface area contributed by atoms with E-state index < -0.39 is 0 Å². The molecule has 0 aliphatic heterocycles. The van der Waals surface area contributed by atoms with Crippen LogP contribution in [-0.2, 0) is 6.42 Å². The second-order valence-corrected chi connectivity index (χ2v) is 8.84. The van der Waals surface area contributed by atoms with Gasteiger partial charge in [-0.25, -0.2) is 0 Å². The second kappa shape index (κ2) is 9.35. The minimum atomic E-state index is 0.907. The summed E-state index contributed by atoms with van der Waals surface area (Å²) < 4.78 is 0. The molecule has 1 N–H and O–H groups in total. The summed E-state index contributed by atoms with van der Waals surface area (Å²) in [4.78, 5) is 3.16. The van der Waals surface area contributed by atoms with Gasteiger partial charge in [0.25, 0.3) is 0 Å². The first-order valence-corrected chi connectivity index (χ1v) is 12.0. The van der Waals surface area contributed by atoms with E-state index in [-0.39, 0.29) is 0 Å². The zero-order valence-electron chi connectivity index (χ0n) is 19.4. The van der Waals surface area contributed by atoms with E-state index in [0.29, 0.717) is 0 Å². The lowest BCUT2D eigenvalue weighted by molar-refractivity contribution is 1.19. The van der Waals surface area contributed by atoms with E-state index in [1.807, 2.05) is 6.20 Å². The zero-order valence-corrected chi connectivity index (χ0v) is 19.4. The molecule has 0 saturated heterocycles. The molecule has 35 heavy (non-hydrogen) atoms. The lowest BCUT2D eigenvalue weighted by atomic mass is 9.92. The van der Waals surface area contributed by atoms with Crippen molar-refractivity contribution in [2.24, 2.45) is 0 Å². The standard InChI is InChI=1S/C34H25N/c1-3-9-27(10-4-1)31-13-7-8-14-32(31)29-16-17-30(23-29)33-18-15-25(21-26-19-20-35-24-26)22-34(33)28-11-5-2-6-12-28/h1-20,22,24,35H,21H2. The molecule has 1 aromatic heterocycles. The second-order valence-electron chi connectivity index (χ2n) is 8.84. The molecular weight excluding hydrogens is 422 g/mol. The third kappa shape index (κ3) is 4.34. The fourth-order valence-electron chi connectivity index (χ4n) is 4.79. The largest absolute Gasteiger partial charge is 0.367 e. The predicted octanol–water partition coefficient (Wildman–Crippen LogP) is 8.58. The Bertz CT molecular complexity index is 1560. The van der Waals surface area contributed by atoms with Crippen molar-refractivity contribution in [3.05, 3.63) is 162 Å². The number of hydrogen-bond acceptors (Lipinski definition) is 0. The summed E-state index contributed by atoms with van der Waals surface area (Å²) in [5.74, 6) is 0. The van der Waals surface area contributed by atoms with Crippen LogP contribution in [0.25, 0.3) is 33.4 Å². The van der Waals surface area contributed by atoms with Crippen molar-refractivity contribution in [2.45, 2.75) is 6.42 Å². The lowest BCUT2D eigenvalue weighted by Gasteiger charge is -2.12. The summed E-state index contributed by atoms with van der Waals surface area (Å²) >= 11 is 0. The number of nitrogens with one attached hydrogen (secondary N) is 1. The molecule has 0 atom stereocenters. The predicted molar refractivity (Wildman–Crippen MR) is 147 cm³/mol. The van der Waals surface area contributed by atoms with E-state index in [1.54, 1.807) is 0 Å². The Morgan fingerprint density at radius 3 is 1.77 bits per heavy atom. The van der Waals surface area contributed by atoms with Crippen molar-refractivity contribution >= 4 is 11.1 Å². The molecule has 0 saturated carbocycles. The van der Waals surface area contributed by atoms with Crippen molar-refractivity contribution in [3.63, 3.8) is 0 Å². The van der Waals surface area contributed by atoms with E-state index in [9.17, 15) is 0 Å². The molecule has 4 aromatic carbocycles.